The Morgan fingerprint density at radius 1 is 1.40 bits per heavy atom. The van der Waals surface area contributed by atoms with Crippen LogP contribution in [0.3, 0.4) is 0 Å². The van der Waals surface area contributed by atoms with Gasteiger partial charge in [-0.25, -0.2) is 9.78 Å². The maximum atomic E-state index is 11.6. The van der Waals surface area contributed by atoms with Crippen molar-refractivity contribution < 1.29 is 9.53 Å². The van der Waals surface area contributed by atoms with Gasteiger partial charge in [-0.05, 0) is 26.3 Å². The molecular formula is C15H24N2O2S. The van der Waals surface area contributed by atoms with E-state index in [9.17, 15) is 4.79 Å². The summed E-state index contributed by atoms with van der Waals surface area (Å²) in [6.07, 6.45) is 6.64. The molecule has 0 aromatic carbocycles. The summed E-state index contributed by atoms with van der Waals surface area (Å²) in [5.41, 5.74) is 0.991. The Bertz CT molecular complexity index is 427. The molecule has 112 valence electrons. The van der Waals surface area contributed by atoms with Crippen molar-refractivity contribution in [3.63, 3.8) is 0 Å². The molecule has 1 heterocycles. The first-order chi connectivity index (χ1) is 9.74. The Labute approximate surface area is 125 Å². The smallest absolute Gasteiger partial charge is 0.367 e. The van der Waals surface area contributed by atoms with E-state index in [1.54, 1.807) is 0 Å². The number of nitrogens with zero attached hydrogens (tertiary/aromatic N) is 2. The molecule has 1 aromatic rings. The minimum Gasteiger partial charge on any atom is -0.461 e. The molecule has 20 heavy (non-hydrogen) atoms. The Balaban J connectivity index is 1.95. The van der Waals surface area contributed by atoms with Crippen molar-refractivity contribution in [1.29, 1.82) is 0 Å². The summed E-state index contributed by atoms with van der Waals surface area (Å²) in [4.78, 5) is 18.5. The molecule has 0 radical (unpaired) electrons. The van der Waals surface area contributed by atoms with Gasteiger partial charge in [-0.3, -0.25) is 4.90 Å². The van der Waals surface area contributed by atoms with Crippen LogP contribution in [0.15, 0.2) is 5.38 Å². The number of ether oxygens (including phenoxy) is 1. The summed E-state index contributed by atoms with van der Waals surface area (Å²) in [5, 5.41) is 2.46. The van der Waals surface area contributed by atoms with Gasteiger partial charge in [0.25, 0.3) is 0 Å². The third-order valence-electron chi connectivity index (χ3n) is 3.86. The largest absolute Gasteiger partial charge is 0.461 e. The second-order valence-corrected chi connectivity index (χ2v) is 6.08. The normalized spacial score (nSPS) is 16.6. The van der Waals surface area contributed by atoms with E-state index in [2.05, 4.69) is 16.8 Å². The van der Waals surface area contributed by atoms with E-state index >= 15 is 0 Å². The van der Waals surface area contributed by atoms with Gasteiger partial charge in [-0.15, -0.1) is 11.3 Å². The number of aromatic nitrogens is 1. The van der Waals surface area contributed by atoms with Crippen LogP contribution in [-0.4, -0.2) is 35.0 Å². The molecule has 1 aromatic heterocycles. The lowest BCUT2D eigenvalue weighted by molar-refractivity contribution is 0.0525. The highest BCUT2D eigenvalue weighted by atomic mass is 32.1. The van der Waals surface area contributed by atoms with Gasteiger partial charge in [0.05, 0.1) is 12.3 Å². The summed E-state index contributed by atoms with van der Waals surface area (Å²) in [6.45, 7) is 6.30. The zero-order chi connectivity index (χ0) is 14.4. The molecule has 0 N–H and O–H groups in total. The van der Waals surface area contributed by atoms with Crippen molar-refractivity contribution in [3.8, 4) is 0 Å². The predicted molar refractivity (Wildman–Crippen MR) is 81.0 cm³/mol. The second-order valence-electron chi connectivity index (χ2n) is 5.22. The quantitative estimate of drug-likeness (QED) is 0.754. The van der Waals surface area contributed by atoms with Crippen molar-refractivity contribution in [3.05, 3.63) is 16.1 Å². The molecule has 1 aliphatic rings. The van der Waals surface area contributed by atoms with Gasteiger partial charge in [0.2, 0.25) is 5.01 Å². The zero-order valence-corrected chi connectivity index (χ0v) is 13.2. The van der Waals surface area contributed by atoms with Crippen LogP contribution in [-0.2, 0) is 11.3 Å². The molecule has 0 spiro atoms. The summed E-state index contributed by atoms with van der Waals surface area (Å²) >= 11 is 1.38. The highest BCUT2D eigenvalue weighted by Gasteiger charge is 2.21. The number of hydrogen-bond acceptors (Lipinski definition) is 5. The topological polar surface area (TPSA) is 42.4 Å². The summed E-state index contributed by atoms with van der Waals surface area (Å²) in [7, 11) is 0. The number of thiazole rings is 1. The van der Waals surface area contributed by atoms with E-state index in [1.807, 2.05) is 12.3 Å². The maximum absolute atomic E-state index is 11.6. The van der Waals surface area contributed by atoms with Crippen molar-refractivity contribution in [2.75, 3.05) is 13.2 Å². The molecule has 0 aliphatic heterocycles. The van der Waals surface area contributed by atoms with Crippen LogP contribution in [0.4, 0.5) is 0 Å². The lowest BCUT2D eigenvalue weighted by Gasteiger charge is -2.32. The predicted octanol–water partition coefficient (Wildman–Crippen LogP) is 3.47. The van der Waals surface area contributed by atoms with Gasteiger partial charge in [0.1, 0.15) is 0 Å². The van der Waals surface area contributed by atoms with E-state index in [1.165, 1.54) is 43.4 Å². The molecule has 0 atom stereocenters. The van der Waals surface area contributed by atoms with Crippen LogP contribution in [0.2, 0.25) is 0 Å². The molecule has 4 nitrogen and oxygen atoms in total. The minimum atomic E-state index is -0.301. The highest BCUT2D eigenvalue weighted by molar-refractivity contribution is 7.11. The van der Waals surface area contributed by atoms with Gasteiger partial charge < -0.3 is 4.74 Å². The van der Waals surface area contributed by atoms with Gasteiger partial charge in [0.15, 0.2) is 0 Å². The van der Waals surface area contributed by atoms with Crippen LogP contribution in [0.1, 0.15) is 61.4 Å². The Morgan fingerprint density at radius 3 is 2.80 bits per heavy atom. The molecule has 5 heteroatoms. The fourth-order valence-corrected chi connectivity index (χ4v) is 3.52. The Kier molecular flexibility index (Phi) is 5.98. The van der Waals surface area contributed by atoms with Crippen LogP contribution < -0.4 is 0 Å². The molecule has 1 saturated carbocycles. The molecule has 0 unspecified atom stereocenters. The number of carbonyl (C=O) groups excluding carboxylic acids is 1. The number of esters is 1. The lowest BCUT2D eigenvalue weighted by atomic mass is 9.94. The van der Waals surface area contributed by atoms with E-state index in [4.69, 9.17) is 4.74 Å². The van der Waals surface area contributed by atoms with Gasteiger partial charge >= 0.3 is 5.97 Å². The third-order valence-corrected chi connectivity index (χ3v) is 4.74. The van der Waals surface area contributed by atoms with Crippen LogP contribution in [0.5, 0.6) is 0 Å². The van der Waals surface area contributed by atoms with E-state index in [0.29, 0.717) is 17.7 Å². The molecular weight excluding hydrogens is 272 g/mol. The number of carbonyl (C=O) groups is 1. The van der Waals surface area contributed by atoms with Gasteiger partial charge in [-0.1, -0.05) is 26.2 Å². The lowest BCUT2D eigenvalue weighted by Crippen LogP contribution is -2.36. The molecule has 2 rings (SSSR count). The van der Waals surface area contributed by atoms with E-state index in [-0.39, 0.29) is 5.97 Å². The zero-order valence-electron chi connectivity index (χ0n) is 12.4. The molecule has 1 aliphatic carbocycles. The van der Waals surface area contributed by atoms with E-state index < -0.39 is 0 Å². The van der Waals surface area contributed by atoms with Crippen molar-refractivity contribution in [2.24, 2.45) is 0 Å². The van der Waals surface area contributed by atoms with Crippen molar-refractivity contribution >= 4 is 17.3 Å². The Hall–Kier alpha value is -0.940. The minimum absolute atomic E-state index is 0.301. The van der Waals surface area contributed by atoms with Gasteiger partial charge in [-0.2, -0.15) is 0 Å². The van der Waals surface area contributed by atoms with Crippen LogP contribution >= 0.6 is 11.3 Å². The molecule has 0 amide bonds. The molecule has 1 fully saturated rings. The van der Waals surface area contributed by atoms with Crippen LogP contribution in [0.25, 0.3) is 0 Å². The standard InChI is InChI=1S/C15H24N2O2S/c1-3-17(13-8-6-5-7-9-13)10-12-11-20-14(16-12)15(18)19-4-2/h11,13H,3-10H2,1-2H3. The summed E-state index contributed by atoms with van der Waals surface area (Å²) in [5.74, 6) is -0.301. The third kappa shape index (κ3) is 4.03. The average molecular weight is 296 g/mol. The van der Waals surface area contributed by atoms with Crippen molar-refractivity contribution in [2.45, 2.75) is 58.5 Å². The second kappa shape index (κ2) is 7.74. The SMILES string of the molecule is CCOC(=O)c1nc(CN(CC)C2CCCCC2)cs1. The number of hydrogen-bond donors (Lipinski definition) is 0. The van der Waals surface area contributed by atoms with Gasteiger partial charge in [0, 0.05) is 18.0 Å². The van der Waals surface area contributed by atoms with E-state index in [0.717, 1.165) is 18.8 Å². The maximum Gasteiger partial charge on any atom is 0.367 e. The average Bonchev–Trinajstić information content (AvgIpc) is 2.94. The summed E-state index contributed by atoms with van der Waals surface area (Å²) < 4.78 is 4.98. The van der Waals surface area contributed by atoms with Crippen molar-refractivity contribution in [1.82, 2.24) is 9.88 Å². The monoisotopic (exact) mass is 296 g/mol. The molecule has 0 bridgehead atoms. The number of rotatable bonds is 6. The summed E-state index contributed by atoms with van der Waals surface area (Å²) in [6, 6.07) is 0.682. The fourth-order valence-electron chi connectivity index (χ4n) is 2.82. The highest BCUT2D eigenvalue weighted by Crippen LogP contribution is 2.24. The Morgan fingerprint density at radius 2 is 2.15 bits per heavy atom. The van der Waals surface area contributed by atoms with Crippen LogP contribution in [0, 0.1) is 0 Å². The first-order valence-corrected chi connectivity index (χ1v) is 8.48. The first-order valence-electron chi connectivity index (χ1n) is 7.60. The first kappa shape index (κ1) is 15.4. The fraction of sp³-hybridized carbons (Fsp3) is 0.733. The molecule has 0 saturated heterocycles.